The largest absolute Gasteiger partial charge is 0.497 e. The van der Waals surface area contributed by atoms with Crippen molar-refractivity contribution >= 4 is 17.5 Å². The van der Waals surface area contributed by atoms with Crippen LogP contribution in [0.1, 0.15) is 27.9 Å². The normalized spacial score (nSPS) is 15.3. The van der Waals surface area contributed by atoms with E-state index in [1.165, 1.54) is 12.1 Å². The molecule has 116 valence electrons. The van der Waals surface area contributed by atoms with E-state index in [0.717, 1.165) is 28.9 Å². The maximum Gasteiger partial charge on any atom is 0.269 e. The SMILES string of the molecule is COc1ccc2c(c1)CC/C(=C/c1ccc([N+](=O)[O-])cc1)C2=O. The lowest BCUT2D eigenvalue weighted by atomic mass is 9.86. The number of ketones is 1. The second-order valence-electron chi connectivity index (χ2n) is 5.37. The minimum absolute atomic E-state index is 0.00672. The van der Waals surface area contributed by atoms with E-state index in [-0.39, 0.29) is 11.5 Å². The summed E-state index contributed by atoms with van der Waals surface area (Å²) in [6, 6.07) is 11.7. The topological polar surface area (TPSA) is 69.4 Å². The zero-order chi connectivity index (χ0) is 16.4. The van der Waals surface area contributed by atoms with Gasteiger partial charge in [0.25, 0.3) is 5.69 Å². The van der Waals surface area contributed by atoms with E-state index in [0.29, 0.717) is 12.0 Å². The number of nitro benzene ring substituents is 1. The number of fused-ring (bicyclic) bond motifs is 1. The molecule has 2 aromatic rings. The number of carbonyl (C=O) groups excluding carboxylic acids is 1. The van der Waals surface area contributed by atoms with Gasteiger partial charge in [0.1, 0.15) is 5.75 Å². The molecule has 3 rings (SSSR count). The van der Waals surface area contributed by atoms with Gasteiger partial charge in [-0.3, -0.25) is 14.9 Å². The molecule has 0 atom stereocenters. The van der Waals surface area contributed by atoms with Crippen molar-refractivity contribution < 1.29 is 14.5 Å². The molecular formula is C18H15NO4. The average Bonchev–Trinajstić information content (AvgIpc) is 2.57. The molecule has 0 saturated carbocycles. The third kappa shape index (κ3) is 2.99. The smallest absolute Gasteiger partial charge is 0.269 e. The Bertz CT molecular complexity index is 806. The standard InChI is InChI=1S/C18H15NO4/c1-23-16-8-9-17-13(11-16)4-5-14(18(17)20)10-12-2-6-15(7-3-12)19(21)22/h2-3,6-11H,4-5H2,1H3/b14-10-. The van der Waals surface area contributed by atoms with Crippen LogP contribution in [0.3, 0.4) is 0 Å². The Hall–Kier alpha value is -2.95. The van der Waals surface area contributed by atoms with Crippen molar-refractivity contribution in [3.05, 3.63) is 74.8 Å². The number of ether oxygens (including phenoxy) is 1. The molecule has 5 nitrogen and oxygen atoms in total. The Morgan fingerprint density at radius 1 is 1.13 bits per heavy atom. The minimum Gasteiger partial charge on any atom is -0.497 e. The predicted molar refractivity (Wildman–Crippen MR) is 86.7 cm³/mol. The number of allylic oxidation sites excluding steroid dienone is 1. The maximum absolute atomic E-state index is 12.6. The fraction of sp³-hybridized carbons (Fsp3) is 0.167. The van der Waals surface area contributed by atoms with Crippen molar-refractivity contribution in [3.63, 3.8) is 0 Å². The van der Waals surface area contributed by atoms with E-state index in [4.69, 9.17) is 4.74 Å². The molecule has 0 saturated heterocycles. The molecule has 23 heavy (non-hydrogen) atoms. The molecule has 0 bridgehead atoms. The highest BCUT2D eigenvalue weighted by Crippen LogP contribution is 2.29. The first-order valence-electron chi connectivity index (χ1n) is 7.25. The molecule has 0 unspecified atom stereocenters. The third-order valence-electron chi connectivity index (χ3n) is 3.96. The molecule has 0 radical (unpaired) electrons. The van der Waals surface area contributed by atoms with Gasteiger partial charge < -0.3 is 4.74 Å². The molecule has 0 heterocycles. The van der Waals surface area contributed by atoms with Crippen LogP contribution in [0.4, 0.5) is 5.69 Å². The van der Waals surface area contributed by atoms with Gasteiger partial charge in [-0.15, -0.1) is 0 Å². The van der Waals surface area contributed by atoms with Gasteiger partial charge in [0.15, 0.2) is 5.78 Å². The molecule has 0 N–H and O–H groups in total. The lowest BCUT2D eigenvalue weighted by Crippen LogP contribution is -2.14. The van der Waals surface area contributed by atoms with Gasteiger partial charge in [-0.2, -0.15) is 0 Å². The molecule has 0 spiro atoms. The molecule has 0 amide bonds. The molecule has 0 aliphatic heterocycles. The number of nitro groups is 1. The molecule has 2 aromatic carbocycles. The number of Topliss-reactive ketones (excluding diaryl/α,β-unsaturated/α-hetero) is 1. The number of hydrogen-bond donors (Lipinski definition) is 0. The Morgan fingerprint density at radius 2 is 1.87 bits per heavy atom. The number of aryl methyl sites for hydroxylation is 1. The summed E-state index contributed by atoms with van der Waals surface area (Å²) in [5.41, 5.74) is 3.24. The number of methoxy groups -OCH3 is 1. The van der Waals surface area contributed by atoms with Gasteiger partial charge in [0.2, 0.25) is 0 Å². The van der Waals surface area contributed by atoms with Gasteiger partial charge >= 0.3 is 0 Å². The van der Waals surface area contributed by atoms with Gasteiger partial charge in [-0.25, -0.2) is 0 Å². The third-order valence-corrected chi connectivity index (χ3v) is 3.96. The highest BCUT2D eigenvalue weighted by atomic mass is 16.6. The van der Waals surface area contributed by atoms with Crippen molar-refractivity contribution in [1.82, 2.24) is 0 Å². The molecular weight excluding hydrogens is 294 g/mol. The Kier molecular flexibility index (Phi) is 3.93. The number of hydrogen-bond acceptors (Lipinski definition) is 4. The van der Waals surface area contributed by atoms with Crippen molar-refractivity contribution in [1.29, 1.82) is 0 Å². The fourth-order valence-electron chi connectivity index (χ4n) is 2.71. The number of non-ortho nitro benzene ring substituents is 1. The van der Waals surface area contributed by atoms with Crippen molar-refractivity contribution in [2.24, 2.45) is 0 Å². The van der Waals surface area contributed by atoms with Crippen LogP contribution in [-0.4, -0.2) is 17.8 Å². The Labute approximate surface area is 133 Å². The summed E-state index contributed by atoms with van der Waals surface area (Å²) in [6.45, 7) is 0. The molecule has 1 aliphatic rings. The highest BCUT2D eigenvalue weighted by molar-refractivity contribution is 6.13. The van der Waals surface area contributed by atoms with Crippen molar-refractivity contribution in [2.45, 2.75) is 12.8 Å². The Balaban J connectivity index is 1.89. The van der Waals surface area contributed by atoms with Crippen LogP contribution in [0, 0.1) is 10.1 Å². The van der Waals surface area contributed by atoms with Crippen LogP contribution >= 0.6 is 0 Å². The number of rotatable bonds is 3. The van der Waals surface area contributed by atoms with Crippen LogP contribution in [0.15, 0.2) is 48.0 Å². The van der Waals surface area contributed by atoms with Gasteiger partial charge in [-0.1, -0.05) is 0 Å². The summed E-state index contributed by atoms with van der Waals surface area (Å²) in [5.74, 6) is 0.756. The van der Waals surface area contributed by atoms with Crippen LogP contribution in [0.2, 0.25) is 0 Å². The second-order valence-corrected chi connectivity index (χ2v) is 5.37. The first-order chi connectivity index (χ1) is 11.1. The number of nitrogens with zero attached hydrogens (tertiary/aromatic N) is 1. The van der Waals surface area contributed by atoms with E-state index >= 15 is 0 Å². The summed E-state index contributed by atoms with van der Waals surface area (Å²) in [4.78, 5) is 22.8. The van der Waals surface area contributed by atoms with E-state index in [1.54, 1.807) is 37.5 Å². The zero-order valence-electron chi connectivity index (χ0n) is 12.6. The first kappa shape index (κ1) is 15.0. The molecule has 5 heteroatoms. The summed E-state index contributed by atoms with van der Waals surface area (Å²) in [6.07, 6.45) is 3.23. The van der Waals surface area contributed by atoms with E-state index in [2.05, 4.69) is 0 Å². The summed E-state index contributed by atoms with van der Waals surface area (Å²) in [7, 11) is 1.60. The molecule has 0 aromatic heterocycles. The monoisotopic (exact) mass is 309 g/mol. The maximum atomic E-state index is 12.6. The van der Waals surface area contributed by atoms with Crippen LogP contribution in [-0.2, 0) is 6.42 Å². The quantitative estimate of drug-likeness (QED) is 0.491. The second kappa shape index (κ2) is 6.04. The first-order valence-corrected chi connectivity index (χ1v) is 7.25. The van der Waals surface area contributed by atoms with Crippen LogP contribution < -0.4 is 4.74 Å². The minimum atomic E-state index is -0.438. The molecule has 1 aliphatic carbocycles. The van der Waals surface area contributed by atoms with Crippen molar-refractivity contribution in [2.75, 3.05) is 7.11 Å². The van der Waals surface area contributed by atoms with Crippen LogP contribution in [0.5, 0.6) is 5.75 Å². The number of benzene rings is 2. The number of carbonyl (C=O) groups is 1. The summed E-state index contributed by atoms with van der Waals surface area (Å²) < 4.78 is 5.19. The predicted octanol–water partition coefficient (Wildman–Crippen LogP) is 3.82. The summed E-state index contributed by atoms with van der Waals surface area (Å²) >= 11 is 0. The summed E-state index contributed by atoms with van der Waals surface area (Å²) in [5, 5.41) is 10.7. The Morgan fingerprint density at radius 3 is 2.52 bits per heavy atom. The highest BCUT2D eigenvalue weighted by Gasteiger charge is 2.22. The molecule has 0 fully saturated rings. The fourth-order valence-corrected chi connectivity index (χ4v) is 2.71. The van der Waals surface area contributed by atoms with Crippen LogP contribution in [0.25, 0.3) is 6.08 Å². The lowest BCUT2D eigenvalue weighted by molar-refractivity contribution is -0.384. The van der Waals surface area contributed by atoms with Crippen molar-refractivity contribution in [3.8, 4) is 5.75 Å². The van der Waals surface area contributed by atoms with E-state index in [9.17, 15) is 14.9 Å². The van der Waals surface area contributed by atoms with E-state index in [1.807, 2.05) is 6.07 Å². The van der Waals surface area contributed by atoms with Gasteiger partial charge in [0, 0.05) is 23.3 Å². The lowest BCUT2D eigenvalue weighted by Gasteiger charge is -2.18. The van der Waals surface area contributed by atoms with Gasteiger partial charge in [-0.05, 0) is 60.4 Å². The van der Waals surface area contributed by atoms with E-state index < -0.39 is 4.92 Å². The zero-order valence-corrected chi connectivity index (χ0v) is 12.6. The average molecular weight is 309 g/mol. The van der Waals surface area contributed by atoms with Gasteiger partial charge in [0.05, 0.1) is 12.0 Å².